The molecule has 0 unspecified atom stereocenters. The summed E-state index contributed by atoms with van der Waals surface area (Å²) in [5, 5.41) is 14.9. The zero-order chi connectivity index (χ0) is 19.8. The van der Waals surface area contributed by atoms with Crippen molar-refractivity contribution in [3.8, 4) is 0 Å². The molecule has 146 valence electrons. The van der Waals surface area contributed by atoms with Gasteiger partial charge in [0.1, 0.15) is 0 Å². The van der Waals surface area contributed by atoms with E-state index >= 15 is 0 Å². The van der Waals surface area contributed by atoms with Crippen LogP contribution in [0.15, 0.2) is 22.5 Å². The number of thioether (sulfide) groups is 1. The fraction of sp³-hybridized carbons (Fsp3) is 0.444. The number of benzene rings is 1. The molecule has 2 amide bonds. The van der Waals surface area contributed by atoms with Gasteiger partial charge in [-0.2, -0.15) is 0 Å². The third kappa shape index (κ3) is 6.51. The number of nitrogens with zero attached hydrogens (tertiary/aromatic N) is 3. The molecule has 0 aliphatic heterocycles. The lowest BCUT2D eigenvalue weighted by atomic mass is 10.1. The van der Waals surface area contributed by atoms with E-state index in [1.165, 1.54) is 39.1 Å². The van der Waals surface area contributed by atoms with Crippen molar-refractivity contribution in [3.63, 3.8) is 0 Å². The molecular weight excluding hydrogens is 382 g/mol. The van der Waals surface area contributed by atoms with Crippen LogP contribution in [-0.4, -0.2) is 52.3 Å². The van der Waals surface area contributed by atoms with E-state index in [1.54, 1.807) is 0 Å². The fourth-order valence-electron chi connectivity index (χ4n) is 2.28. The first-order chi connectivity index (χ1) is 12.9. The van der Waals surface area contributed by atoms with E-state index in [2.05, 4.69) is 46.8 Å². The van der Waals surface area contributed by atoms with Crippen molar-refractivity contribution in [2.75, 3.05) is 30.7 Å². The number of nitrogens with one attached hydrogen (secondary N) is 2. The molecule has 9 heteroatoms. The average molecular weight is 408 g/mol. The Morgan fingerprint density at radius 2 is 1.96 bits per heavy atom. The summed E-state index contributed by atoms with van der Waals surface area (Å²) >= 11 is 2.73. The monoisotopic (exact) mass is 407 g/mol. The van der Waals surface area contributed by atoms with Crippen molar-refractivity contribution in [1.29, 1.82) is 0 Å². The minimum absolute atomic E-state index is 0.0828. The summed E-state index contributed by atoms with van der Waals surface area (Å²) in [6, 6.07) is 6.12. The minimum atomic E-state index is -0.145. The maximum atomic E-state index is 12.3. The summed E-state index contributed by atoms with van der Waals surface area (Å²) in [4.78, 5) is 25.5. The molecule has 0 radical (unpaired) electrons. The lowest BCUT2D eigenvalue weighted by Crippen LogP contribution is -2.41. The third-order valence-electron chi connectivity index (χ3n) is 3.93. The highest BCUT2D eigenvalue weighted by Gasteiger charge is 2.16. The van der Waals surface area contributed by atoms with Crippen LogP contribution in [-0.2, 0) is 9.59 Å². The van der Waals surface area contributed by atoms with Gasteiger partial charge in [-0.15, -0.1) is 10.2 Å². The highest BCUT2D eigenvalue weighted by atomic mass is 32.2. The zero-order valence-electron chi connectivity index (χ0n) is 16.0. The Bertz CT molecular complexity index is 794. The smallest absolute Gasteiger partial charge is 0.239 e. The van der Waals surface area contributed by atoms with Crippen molar-refractivity contribution >= 4 is 45.7 Å². The summed E-state index contributed by atoms with van der Waals surface area (Å²) in [7, 11) is 0. The predicted octanol–water partition coefficient (Wildman–Crippen LogP) is 2.98. The van der Waals surface area contributed by atoms with Crippen molar-refractivity contribution in [2.45, 2.75) is 32.0 Å². The third-order valence-corrected chi connectivity index (χ3v) is 5.88. The summed E-state index contributed by atoms with van der Waals surface area (Å²) in [5.41, 5.74) is 3.40. The van der Waals surface area contributed by atoms with Gasteiger partial charge in [-0.3, -0.25) is 9.59 Å². The number of carbonyl (C=O) groups is 2. The number of hydrogen-bond donors (Lipinski definition) is 2. The molecule has 0 atom stereocenters. The number of aryl methyl sites for hydroxylation is 2. The van der Waals surface area contributed by atoms with E-state index in [4.69, 9.17) is 0 Å². The molecule has 2 rings (SSSR count). The lowest BCUT2D eigenvalue weighted by Gasteiger charge is -2.19. The number of amides is 2. The van der Waals surface area contributed by atoms with Crippen LogP contribution in [0.4, 0.5) is 10.8 Å². The Morgan fingerprint density at radius 3 is 2.63 bits per heavy atom. The molecule has 27 heavy (non-hydrogen) atoms. The van der Waals surface area contributed by atoms with Crippen LogP contribution in [0.2, 0.25) is 0 Å². The van der Waals surface area contributed by atoms with E-state index < -0.39 is 0 Å². The Hall–Kier alpha value is -2.13. The van der Waals surface area contributed by atoms with E-state index in [0.717, 1.165) is 5.69 Å². The molecule has 0 aliphatic rings. The number of aromatic nitrogens is 2. The molecule has 1 aromatic heterocycles. The number of hydrogen-bond acceptors (Lipinski definition) is 7. The molecule has 2 aromatic rings. The molecule has 1 aromatic carbocycles. The topological polar surface area (TPSA) is 87.2 Å². The second kappa shape index (κ2) is 10.3. The van der Waals surface area contributed by atoms with Gasteiger partial charge in [0.25, 0.3) is 0 Å². The molecule has 0 bridgehead atoms. The molecule has 2 N–H and O–H groups in total. The first-order valence-corrected chi connectivity index (χ1v) is 10.6. The average Bonchev–Trinajstić information content (AvgIpc) is 3.08. The summed E-state index contributed by atoms with van der Waals surface area (Å²) in [6.07, 6.45) is 0. The van der Waals surface area contributed by atoms with E-state index in [0.29, 0.717) is 22.6 Å². The number of likely N-dealkylation sites (N-methyl/N-ethyl adjacent to an activating group) is 2. The molecule has 1 heterocycles. The molecule has 0 aliphatic carbocycles. The van der Waals surface area contributed by atoms with Crippen molar-refractivity contribution in [2.24, 2.45) is 0 Å². The van der Waals surface area contributed by atoms with Crippen LogP contribution >= 0.6 is 23.1 Å². The van der Waals surface area contributed by atoms with Crippen LogP contribution in [0.3, 0.4) is 0 Å². The number of carbonyl (C=O) groups excluding carboxylic acids is 2. The Balaban J connectivity index is 1.88. The van der Waals surface area contributed by atoms with Gasteiger partial charge in [0.15, 0.2) is 4.34 Å². The second-order valence-electron chi connectivity index (χ2n) is 5.95. The summed E-state index contributed by atoms with van der Waals surface area (Å²) in [5.74, 6) is -0.00738. The normalized spacial score (nSPS) is 10.5. The van der Waals surface area contributed by atoms with Gasteiger partial charge in [0.05, 0.1) is 12.3 Å². The predicted molar refractivity (Wildman–Crippen MR) is 111 cm³/mol. The van der Waals surface area contributed by atoms with Gasteiger partial charge in [0.2, 0.25) is 16.9 Å². The Labute approximate surface area is 167 Å². The zero-order valence-corrected chi connectivity index (χ0v) is 17.7. The minimum Gasteiger partial charge on any atom is -0.355 e. The maximum Gasteiger partial charge on any atom is 0.239 e. The van der Waals surface area contributed by atoms with Gasteiger partial charge in [-0.1, -0.05) is 29.2 Å². The quantitative estimate of drug-likeness (QED) is 0.622. The maximum absolute atomic E-state index is 12.3. The molecular formula is C18H25N5O2S2. The number of rotatable bonds is 9. The molecule has 0 saturated carbocycles. The number of anilines is 2. The van der Waals surface area contributed by atoms with Gasteiger partial charge < -0.3 is 15.5 Å². The Kier molecular flexibility index (Phi) is 8.05. The summed E-state index contributed by atoms with van der Waals surface area (Å²) < 4.78 is 0.712. The highest BCUT2D eigenvalue weighted by molar-refractivity contribution is 8.01. The van der Waals surface area contributed by atoms with Gasteiger partial charge in [-0.25, -0.2) is 0 Å². The molecule has 7 nitrogen and oxygen atoms in total. The van der Waals surface area contributed by atoms with E-state index in [1.807, 2.05) is 19.9 Å². The van der Waals surface area contributed by atoms with Gasteiger partial charge >= 0.3 is 0 Å². The second-order valence-corrected chi connectivity index (χ2v) is 8.15. The fourth-order valence-corrected chi connectivity index (χ4v) is 3.95. The Morgan fingerprint density at radius 1 is 1.19 bits per heavy atom. The van der Waals surface area contributed by atoms with Crippen LogP contribution in [0.25, 0.3) is 0 Å². The largest absolute Gasteiger partial charge is 0.355 e. The first-order valence-electron chi connectivity index (χ1n) is 8.78. The van der Waals surface area contributed by atoms with Crippen LogP contribution in [0.5, 0.6) is 0 Å². The van der Waals surface area contributed by atoms with Crippen molar-refractivity contribution in [1.82, 2.24) is 20.4 Å². The molecule has 0 fully saturated rings. The van der Waals surface area contributed by atoms with Crippen molar-refractivity contribution in [3.05, 3.63) is 29.3 Å². The van der Waals surface area contributed by atoms with E-state index in [-0.39, 0.29) is 24.1 Å². The van der Waals surface area contributed by atoms with Crippen LogP contribution < -0.4 is 10.6 Å². The van der Waals surface area contributed by atoms with Crippen LogP contribution in [0, 0.1) is 13.8 Å². The van der Waals surface area contributed by atoms with Crippen LogP contribution in [0.1, 0.15) is 25.0 Å². The standard InChI is InChI=1S/C18H25N5O2S2/c1-5-19-15(24)10-23(6-2)16(25)11-26-18-22-21-17(27-18)20-14-8-7-12(3)13(4)9-14/h7-9H,5-6,10-11H2,1-4H3,(H,19,24)(H,20,21). The molecule has 0 saturated heterocycles. The summed E-state index contributed by atoms with van der Waals surface area (Å²) in [6.45, 7) is 8.98. The van der Waals surface area contributed by atoms with Gasteiger partial charge in [0, 0.05) is 18.8 Å². The van der Waals surface area contributed by atoms with Gasteiger partial charge in [-0.05, 0) is 51.0 Å². The van der Waals surface area contributed by atoms with E-state index in [9.17, 15) is 9.59 Å². The highest BCUT2D eigenvalue weighted by Crippen LogP contribution is 2.28. The SMILES string of the molecule is CCNC(=O)CN(CC)C(=O)CSc1nnc(Nc2ccc(C)c(C)c2)s1. The lowest BCUT2D eigenvalue weighted by molar-refractivity contribution is -0.133. The first kappa shape index (κ1) is 21.2. The molecule has 0 spiro atoms. The van der Waals surface area contributed by atoms with Crippen molar-refractivity contribution < 1.29 is 9.59 Å².